The minimum absolute atomic E-state index is 0.0947. The van der Waals surface area contributed by atoms with Gasteiger partial charge in [0.2, 0.25) is 0 Å². The van der Waals surface area contributed by atoms with Crippen LogP contribution in [0.15, 0.2) is 65.8 Å². The Hall–Kier alpha value is -3.85. The molecule has 0 aliphatic carbocycles. The normalized spacial score (nSPS) is 12.4. The molecule has 0 bridgehead atoms. The number of fused-ring (bicyclic) bond motifs is 1. The minimum atomic E-state index is -0.308. The van der Waals surface area contributed by atoms with Gasteiger partial charge in [0.05, 0.1) is 5.71 Å². The third-order valence-electron chi connectivity index (χ3n) is 5.37. The van der Waals surface area contributed by atoms with Crippen molar-refractivity contribution in [1.82, 2.24) is 19.7 Å². The van der Waals surface area contributed by atoms with E-state index in [-0.39, 0.29) is 19.0 Å². The van der Waals surface area contributed by atoms with E-state index in [9.17, 15) is 4.39 Å². The number of pyridine rings is 1. The Balaban J connectivity index is 1.43. The maximum atomic E-state index is 14.0. The van der Waals surface area contributed by atoms with Crippen LogP contribution in [0.2, 0.25) is 0 Å². The molecule has 4 aromatic rings. The third-order valence-corrected chi connectivity index (χ3v) is 5.74. The molecular formula is C24H20FN5O2S. The van der Waals surface area contributed by atoms with Gasteiger partial charge in [0.25, 0.3) is 0 Å². The zero-order valence-corrected chi connectivity index (χ0v) is 18.6. The molecule has 0 spiro atoms. The van der Waals surface area contributed by atoms with Gasteiger partial charge < -0.3 is 14.0 Å². The number of hydrogen-bond acceptors (Lipinski definition) is 6. The maximum Gasteiger partial charge on any atom is 0.194 e. The number of benzene rings is 2. The minimum Gasteiger partial charge on any atom is -0.489 e. The van der Waals surface area contributed by atoms with Crippen molar-refractivity contribution in [2.45, 2.75) is 19.6 Å². The quantitative estimate of drug-likeness (QED) is 0.398. The fraction of sp³-hybridized carbons (Fsp3) is 0.167. The Labute approximate surface area is 194 Å². The maximum absolute atomic E-state index is 14.0. The topological polar surface area (TPSA) is 77.3 Å². The summed E-state index contributed by atoms with van der Waals surface area (Å²) >= 11 is 5.16. The van der Waals surface area contributed by atoms with Crippen LogP contribution in [0.3, 0.4) is 0 Å². The molecule has 1 aliphatic rings. The lowest BCUT2D eigenvalue weighted by atomic mass is 10.0. The number of nitrogens with one attached hydrogen (secondary N) is 1. The molecule has 0 radical (unpaired) electrons. The van der Waals surface area contributed by atoms with E-state index in [2.05, 4.69) is 20.2 Å². The molecule has 5 rings (SSSR count). The van der Waals surface area contributed by atoms with Crippen molar-refractivity contribution >= 4 is 23.7 Å². The molecule has 7 nitrogen and oxygen atoms in total. The number of aromatic nitrogens is 4. The highest BCUT2D eigenvalue weighted by Gasteiger charge is 2.18. The van der Waals surface area contributed by atoms with E-state index in [0.29, 0.717) is 39.9 Å². The van der Waals surface area contributed by atoms with E-state index in [0.717, 1.165) is 16.8 Å². The largest absolute Gasteiger partial charge is 0.489 e. The lowest BCUT2D eigenvalue weighted by Gasteiger charge is -2.13. The molecule has 0 saturated carbocycles. The van der Waals surface area contributed by atoms with Crippen molar-refractivity contribution in [3.05, 3.63) is 93.9 Å². The average molecular weight is 462 g/mol. The predicted molar refractivity (Wildman–Crippen MR) is 124 cm³/mol. The van der Waals surface area contributed by atoms with Gasteiger partial charge in [-0.1, -0.05) is 24.3 Å². The van der Waals surface area contributed by atoms with Crippen LogP contribution in [0, 0.1) is 10.6 Å². The van der Waals surface area contributed by atoms with Crippen LogP contribution < -0.4 is 9.47 Å². The van der Waals surface area contributed by atoms with Gasteiger partial charge >= 0.3 is 0 Å². The monoisotopic (exact) mass is 461 g/mol. The van der Waals surface area contributed by atoms with E-state index < -0.39 is 0 Å². The molecule has 3 heterocycles. The zero-order valence-electron chi connectivity index (χ0n) is 17.8. The number of aromatic amines is 1. The molecule has 0 fully saturated rings. The second-order valence-electron chi connectivity index (χ2n) is 7.59. The van der Waals surface area contributed by atoms with Crippen LogP contribution in [-0.4, -0.2) is 25.5 Å². The van der Waals surface area contributed by atoms with Crippen LogP contribution in [0.5, 0.6) is 11.5 Å². The van der Waals surface area contributed by atoms with Gasteiger partial charge in [-0.05, 0) is 36.5 Å². The highest BCUT2D eigenvalue weighted by atomic mass is 32.1. The fourth-order valence-corrected chi connectivity index (χ4v) is 3.67. The zero-order chi connectivity index (χ0) is 22.8. The number of nitrogens with zero attached hydrogens (tertiary/aromatic N) is 4. The second kappa shape index (κ2) is 8.95. The summed E-state index contributed by atoms with van der Waals surface area (Å²) in [6.07, 6.45) is 2.39. The summed E-state index contributed by atoms with van der Waals surface area (Å²) in [7, 11) is 1.82. The Morgan fingerprint density at radius 1 is 1.06 bits per heavy atom. The van der Waals surface area contributed by atoms with Gasteiger partial charge in [-0.25, -0.2) is 14.4 Å². The van der Waals surface area contributed by atoms with E-state index in [4.69, 9.17) is 21.7 Å². The summed E-state index contributed by atoms with van der Waals surface area (Å²) < 4.78 is 28.3. The molecular weight excluding hydrogens is 441 g/mol. The van der Waals surface area contributed by atoms with Crippen molar-refractivity contribution in [3.63, 3.8) is 0 Å². The molecule has 0 atom stereocenters. The van der Waals surface area contributed by atoms with Crippen molar-refractivity contribution in [2.24, 2.45) is 12.0 Å². The Morgan fingerprint density at radius 3 is 2.58 bits per heavy atom. The van der Waals surface area contributed by atoms with E-state index in [1.54, 1.807) is 35.0 Å². The van der Waals surface area contributed by atoms with Crippen LogP contribution >= 0.6 is 12.2 Å². The lowest BCUT2D eigenvalue weighted by molar-refractivity contribution is 0.279. The molecule has 2 aromatic carbocycles. The molecule has 33 heavy (non-hydrogen) atoms. The molecule has 0 unspecified atom stereocenters. The van der Waals surface area contributed by atoms with Crippen molar-refractivity contribution < 1.29 is 13.9 Å². The molecule has 1 N–H and O–H groups in total. The summed E-state index contributed by atoms with van der Waals surface area (Å²) in [6, 6.07) is 16.0. The number of ether oxygens (including phenoxy) is 2. The average Bonchev–Trinajstić information content (AvgIpc) is 3.40. The molecule has 0 saturated heterocycles. The number of rotatable bonds is 7. The second-order valence-corrected chi connectivity index (χ2v) is 7.97. The standard InChI is InChI=1S/C24H20FN5O2S/c1-30-22(28-29-24(30)33)14-32-19-10-17(21-11-15-6-4-8-26-23(15)27-21)9-18(12-19)31-13-16-5-2-3-7-20(16)25/h2-10,12H,11,13-14H2,1H3,(H,29,33). The molecule has 9 heteroatoms. The summed E-state index contributed by atoms with van der Waals surface area (Å²) in [4.78, 5) is 9.01. The summed E-state index contributed by atoms with van der Waals surface area (Å²) in [5.74, 6) is 2.20. The van der Waals surface area contributed by atoms with Crippen molar-refractivity contribution in [3.8, 4) is 11.5 Å². The molecule has 1 aliphatic heterocycles. The van der Waals surface area contributed by atoms with Crippen molar-refractivity contribution in [1.29, 1.82) is 0 Å². The molecule has 0 amide bonds. The Morgan fingerprint density at radius 2 is 1.85 bits per heavy atom. The smallest absolute Gasteiger partial charge is 0.194 e. The Kier molecular flexibility index (Phi) is 5.70. The highest BCUT2D eigenvalue weighted by molar-refractivity contribution is 7.71. The van der Waals surface area contributed by atoms with Crippen LogP contribution in [0.1, 0.15) is 22.5 Å². The molecule has 2 aromatic heterocycles. The van der Waals surface area contributed by atoms with Gasteiger partial charge in [-0.3, -0.25) is 5.10 Å². The Bertz CT molecular complexity index is 1410. The van der Waals surface area contributed by atoms with Gasteiger partial charge in [-0.15, -0.1) is 0 Å². The van der Waals surface area contributed by atoms with E-state index in [1.807, 2.05) is 31.3 Å². The van der Waals surface area contributed by atoms with Gasteiger partial charge in [0, 0.05) is 42.4 Å². The van der Waals surface area contributed by atoms with Crippen LogP contribution in [0.4, 0.5) is 10.2 Å². The van der Waals surface area contributed by atoms with Crippen molar-refractivity contribution in [2.75, 3.05) is 0 Å². The van der Waals surface area contributed by atoms with Gasteiger partial charge in [-0.2, -0.15) is 5.10 Å². The number of hydrogen-bond donors (Lipinski definition) is 1. The first-order chi connectivity index (χ1) is 16.1. The van der Waals surface area contributed by atoms with Crippen LogP contribution in [-0.2, 0) is 26.7 Å². The number of H-pyrrole nitrogens is 1. The van der Waals surface area contributed by atoms with Gasteiger partial charge in [0.15, 0.2) is 16.4 Å². The van der Waals surface area contributed by atoms with Gasteiger partial charge in [0.1, 0.15) is 30.5 Å². The first kappa shape index (κ1) is 21.0. The lowest BCUT2D eigenvalue weighted by Crippen LogP contribution is -2.06. The fourth-order valence-electron chi connectivity index (χ4n) is 3.52. The predicted octanol–water partition coefficient (Wildman–Crippen LogP) is 4.85. The van der Waals surface area contributed by atoms with E-state index in [1.165, 1.54) is 6.07 Å². The SMILES string of the molecule is Cn1c(COc2cc(OCc3ccccc3F)cc(C3=Nc4ncccc4C3)c2)n[nH]c1=S. The third kappa shape index (κ3) is 4.54. The first-order valence-corrected chi connectivity index (χ1v) is 10.7. The molecule has 166 valence electrons. The number of aliphatic imine (C=N–C) groups is 1. The summed E-state index contributed by atoms with van der Waals surface area (Å²) in [5, 5.41) is 6.93. The summed E-state index contributed by atoms with van der Waals surface area (Å²) in [5.41, 5.74) is 3.25. The van der Waals surface area contributed by atoms with E-state index >= 15 is 0 Å². The van der Waals surface area contributed by atoms with Crippen LogP contribution in [0.25, 0.3) is 0 Å². The number of halogens is 1. The highest BCUT2D eigenvalue weighted by Crippen LogP contribution is 2.31. The first-order valence-electron chi connectivity index (χ1n) is 10.3. The summed E-state index contributed by atoms with van der Waals surface area (Å²) in [6.45, 7) is 0.311.